The zero-order chi connectivity index (χ0) is 23.2. The zero-order valence-corrected chi connectivity index (χ0v) is 21.2. The average Bonchev–Trinajstić information content (AvgIpc) is 3.27. The molecule has 178 valence electrons. The van der Waals surface area contributed by atoms with E-state index < -0.39 is 5.97 Å². The Morgan fingerprint density at radius 1 is 1.21 bits per heavy atom. The van der Waals surface area contributed by atoms with Crippen molar-refractivity contribution >= 4 is 40.0 Å². The van der Waals surface area contributed by atoms with Crippen LogP contribution in [0.2, 0.25) is 0 Å². The van der Waals surface area contributed by atoms with E-state index in [1.54, 1.807) is 13.0 Å². The molecule has 2 heterocycles. The molecule has 1 amide bonds. The van der Waals surface area contributed by atoms with Gasteiger partial charge in [-0.25, -0.2) is 4.79 Å². The van der Waals surface area contributed by atoms with E-state index in [1.165, 1.54) is 61.6 Å². The lowest BCUT2D eigenvalue weighted by Crippen LogP contribution is -2.47. The van der Waals surface area contributed by atoms with Crippen LogP contribution in [0.15, 0.2) is 11.2 Å². The third-order valence-electron chi connectivity index (χ3n) is 7.56. The number of aryl methyl sites for hydroxylation is 1. The average molecular weight is 489 g/mol. The molecule has 0 unspecified atom stereocenters. The van der Waals surface area contributed by atoms with E-state index in [9.17, 15) is 9.59 Å². The van der Waals surface area contributed by atoms with E-state index in [0.717, 1.165) is 40.0 Å². The Morgan fingerprint density at radius 3 is 2.52 bits per heavy atom. The molecule has 9 heteroatoms. The zero-order valence-electron chi connectivity index (χ0n) is 19.6. The Morgan fingerprint density at radius 2 is 1.88 bits per heavy atom. The van der Waals surface area contributed by atoms with Gasteiger partial charge in [0.1, 0.15) is 10.8 Å². The molecular formula is C24H32N4O3S2. The monoisotopic (exact) mass is 488 g/mol. The topological polar surface area (TPSA) is 86.1 Å². The predicted molar refractivity (Wildman–Crippen MR) is 130 cm³/mol. The summed E-state index contributed by atoms with van der Waals surface area (Å²) < 4.78 is 7.17. The van der Waals surface area contributed by atoms with Gasteiger partial charge in [0.2, 0.25) is 5.91 Å². The predicted octanol–water partition coefficient (Wildman–Crippen LogP) is 4.85. The second-order valence-corrected chi connectivity index (χ2v) is 12.4. The highest BCUT2D eigenvalue weighted by Crippen LogP contribution is 2.61. The van der Waals surface area contributed by atoms with Crippen LogP contribution in [0.3, 0.4) is 0 Å². The number of thiophene rings is 1. The minimum absolute atomic E-state index is 0.168. The lowest BCUT2D eigenvalue weighted by atomic mass is 9.49. The van der Waals surface area contributed by atoms with Crippen LogP contribution in [0.5, 0.6) is 0 Å². The normalized spacial score (nSPS) is 27.7. The van der Waals surface area contributed by atoms with Crippen molar-refractivity contribution in [3.63, 3.8) is 0 Å². The second kappa shape index (κ2) is 9.06. The first kappa shape index (κ1) is 22.9. The third-order valence-corrected chi connectivity index (χ3v) is 9.55. The van der Waals surface area contributed by atoms with Gasteiger partial charge in [0.25, 0.3) is 0 Å². The number of nitrogens with zero attached hydrogens (tertiary/aromatic N) is 3. The minimum atomic E-state index is -0.410. The molecule has 0 saturated heterocycles. The smallest absolute Gasteiger partial charge is 0.341 e. The van der Waals surface area contributed by atoms with Crippen LogP contribution in [0.4, 0.5) is 5.00 Å². The Labute approximate surface area is 203 Å². The highest BCUT2D eigenvalue weighted by atomic mass is 32.2. The van der Waals surface area contributed by atoms with E-state index in [1.807, 2.05) is 14.0 Å². The van der Waals surface area contributed by atoms with E-state index in [4.69, 9.17) is 4.74 Å². The first-order valence-electron chi connectivity index (χ1n) is 11.9. The molecule has 4 bridgehead atoms. The Hall–Kier alpha value is -1.87. The van der Waals surface area contributed by atoms with Crippen molar-refractivity contribution in [2.45, 2.75) is 63.9 Å². The second-order valence-electron chi connectivity index (χ2n) is 10.2. The van der Waals surface area contributed by atoms with Crippen LogP contribution < -0.4 is 5.32 Å². The van der Waals surface area contributed by atoms with Crippen molar-refractivity contribution in [2.24, 2.45) is 30.2 Å². The van der Waals surface area contributed by atoms with E-state index in [2.05, 4.69) is 20.1 Å². The lowest BCUT2D eigenvalue weighted by Gasteiger charge is -2.56. The Balaban J connectivity index is 1.20. The number of rotatable bonds is 8. The van der Waals surface area contributed by atoms with Gasteiger partial charge in [-0.3, -0.25) is 4.79 Å². The van der Waals surface area contributed by atoms with Gasteiger partial charge in [0, 0.05) is 18.3 Å². The number of aromatic nitrogens is 3. The molecule has 0 aromatic carbocycles. The van der Waals surface area contributed by atoms with E-state index >= 15 is 0 Å². The van der Waals surface area contributed by atoms with Crippen molar-refractivity contribution in [1.82, 2.24) is 14.8 Å². The van der Waals surface area contributed by atoms with Crippen LogP contribution >= 0.6 is 23.1 Å². The van der Waals surface area contributed by atoms with Crippen molar-refractivity contribution in [3.8, 4) is 0 Å². The van der Waals surface area contributed by atoms with Gasteiger partial charge in [-0.15, -0.1) is 21.5 Å². The SMILES string of the molecule is CCOC(=O)c1cc(C)sc1NC(=O)CSc1nnc(CC23CC4CC(CC(C4)C2)C3)n1C. The molecule has 0 aliphatic heterocycles. The number of ether oxygens (including phenoxy) is 1. The third kappa shape index (κ3) is 4.71. The molecule has 2 aromatic rings. The fourth-order valence-electron chi connectivity index (χ4n) is 6.73. The number of carbonyl (C=O) groups is 2. The van der Waals surface area contributed by atoms with Gasteiger partial charge in [-0.05, 0) is 81.6 Å². The number of thioether (sulfide) groups is 1. The molecule has 0 spiro atoms. The summed E-state index contributed by atoms with van der Waals surface area (Å²) in [7, 11) is 2.01. The maximum absolute atomic E-state index is 12.6. The van der Waals surface area contributed by atoms with Crippen LogP contribution in [0, 0.1) is 30.1 Å². The quantitative estimate of drug-likeness (QED) is 0.422. The maximum Gasteiger partial charge on any atom is 0.341 e. The van der Waals surface area contributed by atoms with Gasteiger partial charge in [0.15, 0.2) is 5.16 Å². The molecule has 4 fully saturated rings. The van der Waals surface area contributed by atoms with Gasteiger partial charge in [-0.1, -0.05) is 11.8 Å². The standard InChI is InChI=1S/C24H32N4O3S2/c1-4-31-22(30)18-5-14(2)33-21(18)25-20(29)13-32-23-27-26-19(28(23)3)12-24-9-15-6-16(10-24)8-17(7-15)11-24/h5,15-17H,4,6-13H2,1-3H3,(H,25,29). The minimum Gasteiger partial charge on any atom is -0.462 e. The van der Waals surface area contributed by atoms with E-state index in [-0.39, 0.29) is 11.7 Å². The maximum atomic E-state index is 12.6. The molecule has 7 nitrogen and oxygen atoms in total. The van der Waals surface area contributed by atoms with Crippen molar-refractivity contribution < 1.29 is 14.3 Å². The molecule has 2 aromatic heterocycles. The Kier molecular flexibility index (Phi) is 6.29. The van der Waals surface area contributed by atoms with Gasteiger partial charge in [-0.2, -0.15) is 0 Å². The van der Waals surface area contributed by atoms with Crippen molar-refractivity contribution in [2.75, 3.05) is 17.7 Å². The molecular weight excluding hydrogens is 456 g/mol. The number of hydrogen-bond acceptors (Lipinski definition) is 7. The summed E-state index contributed by atoms with van der Waals surface area (Å²) in [4.78, 5) is 25.7. The molecule has 0 atom stereocenters. The summed E-state index contributed by atoms with van der Waals surface area (Å²) >= 11 is 2.77. The van der Waals surface area contributed by atoms with Crippen molar-refractivity contribution in [1.29, 1.82) is 0 Å². The van der Waals surface area contributed by atoms with Crippen LogP contribution in [0.1, 0.15) is 66.5 Å². The molecule has 4 saturated carbocycles. The van der Waals surface area contributed by atoms with Gasteiger partial charge in [0.05, 0.1) is 17.9 Å². The summed E-state index contributed by atoms with van der Waals surface area (Å²) in [6, 6.07) is 1.75. The first-order chi connectivity index (χ1) is 15.8. The number of amides is 1. The van der Waals surface area contributed by atoms with E-state index in [0.29, 0.717) is 22.6 Å². The van der Waals surface area contributed by atoms with Crippen LogP contribution in [0.25, 0.3) is 0 Å². The van der Waals surface area contributed by atoms with Crippen LogP contribution in [-0.2, 0) is 23.0 Å². The summed E-state index contributed by atoms with van der Waals surface area (Å²) in [6.45, 7) is 3.97. The molecule has 4 aliphatic rings. The molecule has 33 heavy (non-hydrogen) atoms. The number of anilines is 1. The number of esters is 1. The van der Waals surface area contributed by atoms with Gasteiger partial charge >= 0.3 is 5.97 Å². The molecule has 0 radical (unpaired) electrons. The summed E-state index contributed by atoms with van der Waals surface area (Å²) in [6.07, 6.45) is 9.37. The number of nitrogens with one attached hydrogen (secondary N) is 1. The molecule has 1 N–H and O–H groups in total. The molecule has 6 rings (SSSR count). The summed E-state index contributed by atoms with van der Waals surface area (Å²) in [5, 5.41) is 13.1. The highest BCUT2D eigenvalue weighted by Gasteiger charge is 2.51. The van der Waals surface area contributed by atoms with Crippen LogP contribution in [-0.4, -0.2) is 39.0 Å². The first-order valence-corrected chi connectivity index (χ1v) is 13.7. The Bertz CT molecular complexity index is 1030. The largest absolute Gasteiger partial charge is 0.462 e. The highest BCUT2D eigenvalue weighted by molar-refractivity contribution is 7.99. The summed E-state index contributed by atoms with van der Waals surface area (Å²) in [5.41, 5.74) is 0.823. The summed E-state index contributed by atoms with van der Waals surface area (Å²) in [5.74, 6) is 3.43. The van der Waals surface area contributed by atoms with Gasteiger partial charge < -0.3 is 14.6 Å². The lowest BCUT2D eigenvalue weighted by molar-refractivity contribution is -0.113. The fourth-order valence-corrected chi connectivity index (χ4v) is 8.37. The fraction of sp³-hybridized carbons (Fsp3) is 0.667. The van der Waals surface area contributed by atoms with Crippen molar-refractivity contribution in [3.05, 3.63) is 22.3 Å². The molecule has 4 aliphatic carbocycles. The number of carbonyl (C=O) groups excluding carboxylic acids is 2. The number of hydrogen-bond donors (Lipinski definition) is 1.